The molecular formula is C13H12BrClN2O2. The third kappa shape index (κ3) is 3.16. The normalized spacial score (nSPS) is 10.4. The number of rotatable bonds is 3. The van der Waals surface area contributed by atoms with Gasteiger partial charge in [-0.15, -0.1) is 0 Å². The van der Waals surface area contributed by atoms with E-state index in [1.165, 1.54) is 7.11 Å². The predicted octanol–water partition coefficient (Wildman–Crippen LogP) is 4.31. The molecule has 6 heteroatoms. The molecule has 0 unspecified atom stereocenters. The van der Waals surface area contributed by atoms with Crippen molar-refractivity contribution in [2.45, 2.75) is 13.8 Å². The molecule has 0 bridgehead atoms. The Morgan fingerprint density at radius 3 is 2.42 bits per heavy atom. The van der Waals surface area contributed by atoms with Crippen LogP contribution in [0.3, 0.4) is 0 Å². The number of ether oxygens (including phenoxy) is 2. The van der Waals surface area contributed by atoms with Crippen LogP contribution in [0.15, 0.2) is 22.8 Å². The maximum atomic E-state index is 5.98. The Balaban J connectivity index is 2.36. The van der Waals surface area contributed by atoms with E-state index in [1.54, 1.807) is 6.20 Å². The average molecular weight is 344 g/mol. The molecule has 1 aromatic carbocycles. The van der Waals surface area contributed by atoms with Crippen molar-refractivity contribution in [2.75, 3.05) is 7.11 Å². The van der Waals surface area contributed by atoms with Gasteiger partial charge in [0.15, 0.2) is 0 Å². The van der Waals surface area contributed by atoms with E-state index in [0.717, 1.165) is 11.1 Å². The first-order chi connectivity index (χ1) is 9.01. The zero-order valence-corrected chi connectivity index (χ0v) is 13.0. The molecule has 1 aromatic heterocycles. The molecule has 0 fully saturated rings. The zero-order chi connectivity index (χ0) is 14.0. The highest BCUT2D eigenvalue weighted by Crippen LogP contribution is 2.31. The quantitative estimate of drug-likeness (QED) is 0.833. The lowest BCUT2D eigenvalue weighted by Crippen LogP contribution is -1.98. The molecule has 100 valence electrons. The monoisotopic (exact) mass is 342 g/mol. The minimum Gasteiger partial charge on any atom is -0.480 e. The van der Waals surface area contributed by atoms with Crippen LogP contribution in [0, 0.1) is 13.8 Å². The molecule has 0 amide bonds. The number of benzene rings is 1. The number of hydrogen-bond donors (Lipinski definition) is 0. The van der Waals surface area contributed by atoms with Crippen molar-refractivity contribution in [3.63, 3.8) is 0 Å². The predicted molar refractivity (Wildman–Crippen MR) is 77.3 cm³/mol. The minimum atomic E-state index is 0.230. The van der Waals surface area contributed by atoms with Gasteiger partial charge in [-0.1, -0.05) is 11.6 Å². The topological polar surface area (TPSA) is 44.2 Å². The fourth-order valence-electron chi connectivity index (χ4n) is 1.68. The van der Waals surface area contributed by atoms with Crippen molar-refractivity contribution in [1.29, 1.82) is 0 Å². The second-order valence-electron chi connectivity index (χ2n) is 3.98. The first-order valence-corrected chi connectivity index (χ1v) is 6.69. The van der Waals surface area contributed by atoms with Crippen LogP contribution in [-0.4, -0.2) is 17.1 Å². The Labute approximate surface area is 124 Å². The fourth-order valence-corrected chi connectivity index (χ4v) is 2.36. The lowest BCUT2D eigenvalue weighted by atomic mass is 10.1. The van der Waals surface area contributed by atoms with Crippen LogP contribution in [0.5, 0.6) is 17.6 Å². The summed E-state index contributed by atoms with van der Waals surface area (Å²) in [7, 11) is 1.54. The molecule has 0 saturated heterocycles. The lowest BCUT2D eigenvalue weighted by Gasteiger charge is -2.11. The molecule has 0 aliphatic rings. The summed E-state index contributed by atoms with van der Waals surface area (Å²) in [5, 5.41) is 0.677. The second-order valence-corrected chi connectivity index (χ2v) is 5.27. The zero-order valence-electron chi connectivity index (χ0n) is 10.7. The van der Waals surface area contributed by atoms with Crippen LogP contribution in [0.2, 0.25) is 5.02 Å². The van der Waals surface area contributed by atoms with Crippen LogP contribution in [0.1, 0.15) is 11.1 Å². The van der Waals surface area contributed by atoms with Crippen molar-refractivity contribution < 1.29 is 9.47 Å². The molecular weight excluding hydrogens is 332 g/mol. The molecule has 1 heterocycles. The highest BCUT2D eigenvalue weighted by atomic mass is 79.9. The van der Waals surface area contributed by atoms with Gasteiger partial charge in [0.05, 0.1) is 17.8 Å². The SMILES string of the molecule is COc1nc(Oc2c(C)cc(Cl)cc2C)ncc1Br. The summed E-state index contributed by atoms with van der Waals surface area (Å²) >= 11 is 9.27. The molecule has 0 spiro atoms. The Morgan fingerprint density at radius 1 is 1.21 bits per heavy atom. The lowest BCUT2D eigenvalue weighted by molar-refractivity contribution is 0.372. The number of aromatic nitrogens is 2. The Morgan fingerprint density at radius 2 is 1.84 bits per heavy atom. The van der Waals surface area contributed by atoms with E-state index in [0.29, 0.717) is 21.1 Å². The van der Waals surface area contributed by atoms with E-state index >= 15 is 0 Å². The molecule has 0 aliphatic carbocycles. The van der Waals surface area contributed by atoms with E-state index < -0.39 is 0 Å². The smallest absolute Gasteiger partial charge is 0.325 e. The average Bonchev–Trinajstić information content (AvgIpc) is 2.35. The number of nitrogens with zero attached hydrogens (tertiary/aromatic N) is 2. The van der Waals surface area contributed by atoms with Gasteiger partial charge in [0, 0.05) is 5.02 Å². The van der Waals surface area contributed by atoms with Crippen LogP contribution >= 0.6 is 27.5 Å². The maximum absolute atomic E-state index is 5.98. The van der Waals surface area contributed by atoms with Crippen molar-refractivity contribution in [3.8, 4) is 17.6 Å². The summed E-state index contributed by atoms with van der Waals surface area (Å²) in [6, 6.07) is 3.90. The van der Waals surface area contributed by atoms with Gasteiger partial charge in [0.1, 0.15) is 5.75 Å². The minimum absolute atomic E-state index is 0.230. The van der Waals surface area contributed by atoms with E-state index in [2.05, 4.69) is 25.9 Å². The van der Waals surface area contributed by atoms with Gasteiger partial charge in [0.2, 0.25) is 5.88 Å². The van der Waals surface area contributed by atoms with Crippen LogP contribution in [0.25, 0.3) is 0 Å². The standard InChI is InChI=1S/C13H12BrClN2O2/c1-7-4-9(15)5-8(2)11(7)19-13-16-6-10(14)12(17-13)18-3/h4-6H,1-3H3. The van der Waals surface area contributed by atoms with E-state index in [4.69, 9.17) is 21.1 Å². The summed E-state index contributed by atoms with van der Waals surface area (Å²) in [5.74, 6) is 1.13. The van der Waals surface area contributed by atoms with Crippen molar-refractivity contribution in [2.24, 2.45) is 0 Å². The van der Waals surface area contributed by atoms with E-state index in [9.17, 15) is 0 Å². The van der Waals surface area contributed by atoms with Gasteiger partial charge in [-0.3, -0.25) is 0 Å². The van der Waals surface area contributed by atoms with Gasteiger partial charge in [0.25, 0.3) is 0 Å². The first-order valence-electron chi connectivity index (χ1n) is 5.52. The van der Waals surface area contributed by atoms with Crippen molar-refractivity contribution in [1.82, 2.24) is 9.97 Å². The number of aryl methyl sites for hydroxylation is 2. The summed E-state index contributed by atoms with van der Waals surface area (Å²) in [6.07, 6.45) is 1.59. The molecule has 0 radical (unpaired) electrons. The molecule has 19 heavy (non-hydrogen) atoms. The third-order valence-corrected chi connectivity index (χ3v) is 3.26. The molecule has 0 N–H and O–H groups in total. The highest BCUT2D eigenvalue weighted by molar-refractivity contribution is 9.10. The summed E-state index contributed by atoms with van der Waals surface area (Å²) in [5.41, 5.74) is 1.85. The van der Waals surface area contributed by atoms with E-state index in [1.807, 2.05) is 26.0 Å². The van der Waals surface area contributed by atoms with Crippen molar-refractivity contribution >= 4 is 27.5 Å². The molecule has 0 aliphatic heterocycles. The van der Waals surface area contributed by atoms with Crippen molar-refractivity contribution in [3.05, 3.63) is 39.0 Å². The highest BCUT2D eigenvalue weighted by Gasteiger charge is 2.11. The maximum Gasteiger partial charge on any atom is 0.325 e. The van der Waals surface area contributed by atoms with Gasteiger partial charge < -0.3 is 9.47 Å². The van der Waals surface area contributed by atoms with Crippen LogP contribution in [0.4, 0.5) is 0 Å². The third-order valence-electron chi connectivity index (χ3n) is 2.50. The number of halogens is 2. The molecule has 4 nitrogen and oxygen atoms in total. The Kier molecular flexibility index (Phi) is 4.27. The Bertz CT molecular complexity index is 597. The van der Waals surface area contributed by atoms with Gasteiger partial charge >= 0.3 is 6.01 Å². The van der Waals surface area contributed by atoms with Crippen LogP contribution in [-0.2, 0) is 0 Å². The summed E-state index contributed by atoms with van der Waals surface area (Å²) < 4.78 is 11.5. The molecule has 2 rings (SSSR count). The van der Waals surface area contributed by atoms with Gasteiger partial charge in [-0.05, 0) is 53.0 Å². The summed E-state index contributed by atoms with van der Waals surface area (Å²) in [4.78, 5) is 8.25. The largest absolute Gasteiger partial charge is 0.480 e. The summed E-state index contributed by atoms with van der Waals surface area (Å²) in [6.45, 7) is 3.84. The fraction of sp³-hybridized carbons (Fsp3) is 0.231. The Hall–Kier alpha value is -1.33. The van der Waals surface area contributed by atoms with E-state index in [-0.39, 0.29) is 6.01 Å². The number of hydrogen-bond acceptors (Lipinski definition) is 4. The van der Waals surface area contributed by atoms with Crippen LogP contribution < -0.4 is 9.47 Å². The second kappa shape index (κ2) is 5.75. The number of methoxy groups -OCH3 is 1. The molecule has 2 aromatic rings. The van der Waals surface area contributed by atoms with Gasteiger partial charge in [-0.2, -0.15) is 4.98 Å². The molecule has 0 saturated carbocycles. The van der Waals surface area contributed by atoms with Gasteiger partial charge in [-0.25, -0.2) is 4.98 Å². The first kappa shape index (κ1) is 14.1. The molecule has 0 atom stereocenters.